The first-order chi connectivity index (χ1) is 10.4. The van der Waals surface area contributed by atoms with Crippen molar-refractivity contribution < 1.29 is 9.72 Å². The molecule has 0 aromatic heterocycles. The third kappa shape index (κ3) is 2.06. The van der Waals surface area contributed by atoms with Crippen molar-refractivity contribution in [2.24, 2.45) is 0 Å². The average Bonchev–Trinajstić information content (AvgIpc) is 2.70. The number of nitrogens with zero attached hydrogens (tertiary/aromatic N) is 2. The second-order valence-electron chi connectivity index (χ2n) is 5.81. The number of likely N-dealkylation sites (N-methyl/N-ethyl adjacent to an activating group) is 1. The minimum absolute atomic E-state index is 0.0482. The Hall–Kier alpha value is -2.69. The van der Waals surface area contributed by atoms with Crippen LogP contribution in [0.2, 0.25) is 0 Å². The molecule has 22 heavy (non-hydrogen) atoms. The van der Waals surface area contributed by atoms with E-state index in [4.69, 9.17) is 0 Å². The van der Waals surface area contributed by atoms with Crippen LogP contribution < -0.4 is 4.90 Å². The fraction of sp³-hybridized carbons (Fsp3) is 0.235. The summed E-state index contributed by atoms with van der Waals surface area (Å²) < 4.78 is 0. The molecule has 5 heteroatoms. The highest BCUT2D eigenvalue weighted by molar-refractivity contribution is 6.07. The molecule has 0 radical (unpaired) electrons. The van der Waals surface area contributed by atoms with Gasteiger partial charge in [0.2, 0.25) is 5.91 Å². The molecule has 1 unspecified atom stereocenters. The lowest BCUT2D eigenvalue weighted by molar-refractivity contribution is -0.384. The molecule has 2 aromatic carbocycles. The molecular weight excluding hydrogens is 280 g/mol. The molecule has 1 heterocycles. The van der Waals surface area contributed by atoms with Crippen molar-refractivity contribution in [1.82, 2.24) is 0 Å². The lowest BCUT2D eigenvalue weighted by Crippen LogP contribution is -2.37. The Labute approximate surface area is 128 Å². The highest BCUT2D eigenvalue weighted by atomic mass is 16.6. The van der Waals surface area contributed by atoms with Crippen molar-refractivity contribution in [2.75, 3.05) is 11.9 Å². The number of amides is 1. The van der Waals surface area contributed by atoms with Crippen LogP contribution in [0.3, 0.4) is 0 Å². The van der Waals surface area contributed by atoms with Crippen LogP contribution in [0.1, 0.15) is 18.1 Å². The molecule has 0 aliphatic carbocycles. The summed E-state index contributed by atoms with van der Waals surface area (Å²) in [6.45, 7) is 1.93. The topological polar surface area (TPSA) is 63.5 Å². The number of benzene rings is 2. The maximum atomic E-state index is 12.7. The lowest BCUT2D eigenvalue weighted by atomic mass is 9.78. The number of carbonyl (C=O) groups is 1. The number of hydrogen-bond acceptors (Lipinski definition) is 3. The Morgan fingerprint density at radius 1 is 1.14 bits per heavy atom. The summed E-state index contributed by atoms with van der Waals surface area (Å²) in [5.41, 5.74) is 2.26. The largest absolute Gasteiger partial charge is 0.314 e. The molecule has 0 bridgehead atoms. The molecule has 0 saturated carbocycles. The third-order valence-corrected chi connectivity index (χ3v) is 4.34. The summed E-state index contributed by atoms with van der Waals surface area (Å²) in [5, 5.41) is 10.7. The fourth-order valence-electron chi connectivity index (χ4n) is 3.14. The normalized spacial score (nSPS) is 20.1. The predicted octanol–water partition coefficient (Wildman–Crippen LogP) is 3.07. The Morgan fingerprint density at radius 2 is 1.77 bits per heavy atom. The number of nitro groups is 1. The summed E-state index contributed by atoms with van der Waals surface area (Å²) in [6.07, 6.45) is 0.519. The van der Waals surface area contributed by atoms with E-state index in [2.05, 4.69) is 0 Å². The van der Waals surface area contributed by atoms with Gasteiger partial charge in [0.25, 0.3) is 5.69 Å². The van der Waals surface area contributed by atoms with Crippen molar-refractivity contribution in [3.05, 3.63) is 69.8 Å². The van der Waals surface area contributed by atoms with Crippen molar-refractivity contribution in [2.45, 2.75) is 18.8 Å². The molecule has 1 aliphatic rings. The Bertz CT molecular complexity index is 755. The van der Waals surface area contributed by atoms with Crippen LogP contribution in [-0.4, -0.2) is 17.9 Å². The van der Waals surface area contributed by atoms with Crippen LogP contribution in [0, 0.1) is 10.1 Å². The lowest BCUT2D eigenvalue weighted by Gasteiger charge is -2.23. The maximum absolute atomic E-state index is 12.7. The van der Waals surface area contributed by atoms with Crippen molar-refractivity contribution in [1.29, 1.82) is 0 Å². The molecule has 0 saturated heterocycles. The van der Waals surface area contributed by atoms with Crippen LogP contribution in [-0.2, 0) is 16.6 Å². The van der Waals surface area contributed by atoms with Crippen LogP contribution >= 0.6 is 0 Å². The van der Waals surface area contributed by atoms with Gasteiger partial charge in [-0.2, -0.15) is 0 Å². The number of rotatable bonds is 3. The van der Waals surface area contributed by atoms with Crippen molar-refractivity contribution >= 4 is 17.3 Å². The Kier molecular flexibility index (Phi) is 3.20. The predicted molar refractivity (Wildman–Crippen MR) is 84.0 cm³/mol. The van der Waals surface area contributed by atoms with Crippen molar-refractivity contribution in [3.63, 3.8) is 0 Å². The van der Waals surface area contributed by atoms with Crippen LogP contribution in [0.5, 0.6) is 0 Å². The first kappa shape index (κ1) is 14.3. The van der Waals surface area contributed by atoms with Gasteiger partial charge in [-0.25, -0.2) is 0 Å². The van der Waals surface area contributed by atoms with Crippen LogP contribution in [0.25, 0.3) is 0 Å². The fourth-order valence-corrected chi connectivity index (χ4v) is 3.14. The molecule has 2 aromatic rings. The van der Waals surface area contributed by atoms with E-state index in [-0.39, 0.29) is 11.6 Å². The van der Waals surface area contributed by atoms with Gasteiger partial charge >= 0.3 is 0 Å². The zero-order valence-electron chi connectivity index (χ0n) is 12.4. The van der Waals surface area contributed by atoms with Crippen LogP contribution in [0.4, 0.5) is 11.4 Å². The van der Waals surface area contributed by atoms with E-state index in [1.807, 2.05) is 31.2 Å². The van der Waals surface area contributed by atoms with E-state index < -0.39 is 10.3 Å². The minimum atomic E-state index is -0.637. The summed E-state index contributed by atoms with van der Waals surface area (Å²) in [6, 6.07) is 14.2. The zero-order chi connectivity index (χ0) is 15.9. The maximum Gasteiger partial charge on any atom is 0.269 e. The van der Waals surface area contributed by atoms with Gasteiger partial charge in [0.15, 0.2) is 0 Å². The van der Waals surface area contributed by atoms with E-state index in [0.29, 0.717) is 6.42 Å². The number of para-hydroxylation sites is 1. The zero-order valence-corrected chi connectivity index (χ0v) is 12.4. The highest BCUT2D eigenvalue weighted by Crippen LogP contribution is 2.42. The van der Waals surface area contributed by atoms with Gasteiger partial charge in [-0.15, -0.1) is 0 Å². The number of fused-ring (bicyclic) bond motifs is 1. The van der Waals surface area contributed by atoms with E-state index in [1.165, 1.54) is 12.1 Å². The van der Waals surface area contributed by atoms with Gasteiger partial charge in [-0.1, -0.05) is 30.3 Å². The number of nitro benzene ring substituents is 1. The average molecular weight is 296 g/mol. The van der Waals surface area contributed by atoms with Gasteiger partial charge in [-0.3, -0.25) is 14.9 Å². The molecule has 0 fully saturated rings. The molecule has 3 rings (SSSR count). The number of carbonyl (C=O) groups excluding carboxylic acids is 1. The second-order valence-corrected chi connectivity index (χ2v) is 5.81. The minimum Gasteiger partial charge on any atom is -0.314 e. The smallest absolute Gasteiger partial charge is 0.269 e. The number of hydrogen-bond donors (Lipinski definition) is 0. The van der Waals surface area contributed by atoms with Gasteiger partial charge < -0.3 is 4.90 Å². The monoisotopic (exact) mass is 296 g/mol. The van der Waals surface area contributed by atoms with E-state index >= 15 is 0 Å². The van der Waals surface area contributed by atoms with Gasteiger partial charge in [0.05, 0.1) is 10.3 Å². The van der Waals surface area contributed by atoms with Crippen molar-refractivity contribution in [3.8, 4) is 0 Å². The molecule has 5 nitrogen and oxygen atoms in total. The summed E-state index contributed by atoms with van der Waals surface area (Å²) in [5.74, 6) is 0.0482. The highest BCUT2D eigenvalue weighted by Gasteiger charge is 2.45. The van der Waals surface area contributed by atoms with Gasteiger partial charge in [-0.05, 0) is 30.5 Å². The van der Waals surface area contributed by atoms with Gasteiger partial charge in [0, 0.05) is 24.9 Å². The number of anilines is 1. The standard InChI is InChI=1S/C17H16N2O3/c1-17(11-12-7-9-13(10-8-12)19(21)22)14-5-3-4-6-15(14)18(2)16(17)20/h3-10H,11H2,1-2H3. The summed E-state index contributed by atoms with van der Waals surface area (Å²) in [7, 11) is 1.78. The molecule has 112 valence electrons. The second kappa shape index (κ2) is 4.94. The molecule has 1 amide bonds. The quantitative estimate of drug-likeness (QED) is 0.646. The van der Waals surface area contributed by atoms with Gasteiger partial charge in [0.1, 0.15) is 0 Å². The SMILES string of the molecule is CN1C(=O)C(C)(Cc2ccc([N+](=O)[O-])cc2)c2ccccc21. The molecule has 1 aliphatic heterocycles. The molecule has 0 spiro atoms. The molecule has 0 N–H and O–H groups in total. The third-order valence-electron chi connectivity index (χ3n) is 4.34. The molecular formula is C17H16N2O3. The van der Waals surface area contributed by atoms with E-state index in [0.717, 1.165) is 16.8 Å². The first-order valence-corrected chi connectivity index (χ1v) is 7.04. The number of non-ortho nitro benzene ring substituents is 1. The van der Waals surface area contributed by atoms with E-state index in [1.54, 1.807) is 24.1 Å². The Morgan fingerprint density at radius 3 is 2.41 bits per heavy atom. The Balaban J connectivity index is 1.97. The van der Waals surface area contributed by atoms with E-state index in [9.17, 15) is 14.9 Å². The summed E-state index contributed by atoms with van der Waals surface area (Å²) in [4.78, 5) is 24.7. The summed E-state index contributed by atoms with van der Waals surface area (Å²) >= 11 is 0. The first-order valence-electron chi connectivity index (χ1n) is 7.04. The molecule has 1 atom stereocenters. The van der Waals surface area contributed by atoms with Crippen LogP contribution in [0.15, 0.2) is 48.5 Å².